The SMILES string of the molecule is COc1c(Cl)ccc(Cl)c1C(=O)CBr. The second-order valence-electron chi connectivity index (χ2n) is 2.49. The van der Waals surface area contributed by atoms with Gasteiger partial charge in [0.2, 0.25) is 0 Å². The van der Waals surface area contributed by atoms with Gasteiger partial charge in [-0.25, -0.2) is 0 Å². The molecule has 0 spiro atoms. The summed E-state index contributed by atoms with van der Waals surface area (Å²) in [7, 11) is 1.45. The number of benzene rings is 1. The van der Waals surface area contributed by atoms with Crippen molar-refractivity contribution in [2.45, 2.75) is 0 Å². The predicted octanol–water partition coefficient (Wildman–Crippen LogP) is 3.58. The van der Waals surface area contributed by atoms with Crippen molar-refractivity contribution < 1.29 is 9.53 Å². The summed E-state index contributed by atoms with van der Waals surface area (Å²) < 4.78 is 5.02. The van der Waals surface area contributed by atoms with Crippen molar-refractivity contribution in [3.63, 3.8) is 0 Å². The Bertz CT molecular complexity index is 366. The van der Waals surface area contributed by atoms with E-state index >= 15 is 0 Å². The van der Waals surface area contributed by atoms with E-state index in [1.807, 2.05) is 0 Å². The largest absolute Gasteiger partial charge is 0.494 e. The average Bonchev–Trinajstić information content (AvgIpc) is 2.19. The van der Waals surface area contributed by atoms with Gasteiger partial charge in [0.15, 0.2) is 5.78 Å². The Balaban J connectivity index is 3.37. The third kappa shape index (κ3) is 2.22. The summed E-state index contributed by atoms with van der Waals surface area (Å²) in [5, 5.41) is 0.903. The molecule has 0 radical (unpaired) electrons. The molecule has 1 aromatic carbocycles. The van der Waals surface area contributed by atoms with Gasteiger partial charge in [0.05, 0.1) is 28.0 Å². The number of ketones is 1. The van der Waals surface area contributed by atoms with Gasteiger partial charge in [-0.1, -0.05) is 39.1 Å². The Morgan fingerprint density at radius 2 is 2.00 bits per heavy atom. The van der Waals surface area contributed by atoms with Crippen LogP contribution in [0.15, 0.2) is 12.1 Å². The lowest BCUT2D eigenvalue weighted by Crippen LogP contribution is -2.04. The highest BCUT2D eigenvalue weighted by molar-refractivity contribution is 9.09. The fraction of sp³-hybridized carbons (Fsp3) is 0.222. The monoisotopic (exact) mass is 296 g/mol. The number of hydrogen-bond acceptors (Lipinski definition) is 2. The van der Waals surface area contributed by atoms with Crippen molar-refractivity contribution in [3.8, 4) is 5.75 Å². The minimum Gasteiger partial charge on any atom is -0.494 e. The van der Waals surface area contributed by atoms with E-state index in [2.05, 4.69) is 15.9 Å². The summed E-state index contributed by atoms with van der Waals surface area (Å²) in [6.07, 6.45) is 0. The first kappa shape index (κ1) is 11.8. The van der Waals surface area contributed by atoms with E-state index in [0.717, 1.165) is 0 Å². The molecule has 0 atom stereocenters. The van der Waals surface area contributed by atoms with Crippen LogP contribution in [0.1, 0.15) is 10.4 Å². The molecular formula is C9H7BrCl2O2. The molecule has 0 fully saturated rings. The molecule has 76 valence electrons. The molecule has 0 aliphatic carbocycles. The van der Waals surface area contributed by atoms with Crippen LogP contribution in [-0.2, 0) is 0 Å². The van der Waals surface area contributed by atoms with Crippen molar-refractivity contribution in [2.75, 3.05) is 12.4 Å². The number of Topliss-reactive ketones (excluding diaryl/α,β-unsaturated/α-hetero) is 1. The average molecular weight is 298 g/mol. The van der Waals surface area contributed by atoms with Gasteiger partial charge in [-0.3, -0.25) is 4.79 Å². The second kappa shape index (κ2) is 5.01. The summed E-state index contributed by atoms with van der Waals surface area (Å²) in [6.45, 7) is 0. The van der Waals surface area contributed by atoms with E-state index in [1.54, 1.807) is 12.1 Å². The predicted molar refractivity (Wildman–Crippen MR) is 61.1 cm³/mol. The summed E-state index contributed by atoms with van der Waals surface area (Å²) >= 11 is 14.8. The van der Waals surface area contributed by atoms with Crippen molar-refractivity contribution in [2.24, 2.45) is 0 Å². The second-order valence-corrected chi connectivity index (χ2v) is 3.87. The van der Waals surface area contributed by atoms with E-state index in [0.29, 0.717) is 21.4 Å². The first-order valence-electron chi connectivity index (χ1n) is 3.73. The Morgan fingerprint density at radius 1 is 1.43 bits per heavy atom. The van der Waals surface area contributed by atoms with Crippen LogP contribution < -0.4 is 4.74 Å². The molecule has 0 unspecified atom stereocenters. The molecule has 0 aliphatic heterocycles. The topological polar surface area (TPSA) is 26.3 Å². The van der Waals surface area contributed by atoms with Crippen molar-refractivity contribution in [3.05, 3.63) is 27.7 Å². The van der Waals surface area contributed by atoms with Crippen LogP contribution >= 0.6 is 39.1 Å². The Hall–Kier alpha value is -0.250. The molecule has 5 heteroatoms. The van der Waals surface area contributed by atoms with Crippen LogP contribution in [0.4, 0.5) is 0 Å². The van der Waals surface area contributed by atoms with E-state index in [9.17, 15) is 4.79 Å². The van der Waals surface area contributed by atoms with Crippen LogP contribution in [0.5, 0.6) is 5.75 Å². The van der Waals surface area contributed by atoms with Gasteiger partial charge in [-0.2, -0.15) is 0 Å². The molecule has 0 bridgehead atoms. The maximum absolute atomic E-state index is 11.5. The third-order valence-electron chi connectivity index (χ3n) is 1.66. The van der Waals surface area contributed by atoms with Gasteiger partial charge in [0, 0.05) is 0 Å². The van der Waals surface area contributed by atoms with Crippen LogP contribution in [-0.4, -0.2) is 18.2 Å². The number of ether oxygens (including phenoxy) is 1. The molecule has 0 heterocycles. The third-order valence-corrected chi connectivity index (χ3v) is 2.79. The zero-order chi connectivity index (χ0) is 10.7. The highest BCUT2D eigenvalue weighted by atomic mass is 79.9. The number of rotatable bonds is 3. The molecule has 0 aliphatic rings. The van der Waals surface area contributed by atoms with E-state index < -0.39 is 0 Å². The van der Waals surface area contributed by atoms with Crippen molar-refractivity contribution in [1.29, 1.82) is 0 Å². The highest BCUT2D eigenvalue weighted by Gasteiger charge is 2.17. The van der Waals surface area contributed by atoms with Gasteiger partial charge in [0.25, 0.3) is 0 Å². The van der Waals surface area contributed by atoms with Crippen molar-refractivity contribution in [1.82, 2.24) is 0 Å². The maximum atomic E-state index is 11.5. The minimum absolute atomic E-state index is 0.158. The quantitative estimate of drug-likeness (QED) is 0.630. The van der Waals surface area contributed by atoms with Crippen molar-refractivity contribution >= 4 is 44.9 Å². The van der Waals surface area contributed by atoms with Gasteiger partial charge >= 0.3 is 0 Å². The normalized spacial score (nSPS) is 10.0. The number of carbonyl (C=O) groups excluding carboxylic acids is 1. The number of carbonyl (C=O) groups is 1. The number of hydrogen-bond donors (Lipinski definition) is 0. The number of alkyl halides is 1. The van der Waals surface area contributed by atoms with Gasteiger partial charge in [0.1, 0.15) is 5.75 Å². The molecule has 14 heavy (non-hydrogen) atoms. The molecule has 1 rings (SSSR count). The van der Waals surface area contributed by atoms with E-state index in [-0.39, 0.29) is 11.1 Å². The molecule has 0 aromatic heterocycles. The fourth-order valence-corrected chi connectivity index (χ4v) is 1.83. The smallest absolute Gasteiger partial charge is 0.178 e. The Kier molecular flexibility index (Phi) is 4.23. The minimum atomic E-state index is -0.158. The molecule has 2 nitrogen and oxygen atoms in total. The summed E-state index contributed by atoms with van der Waals surface area (Å²) in [6, 6.07) is 3.16. The molecule has 0 amide bonds. The Labute approximate surface area is 100 Å². The molecule has 0 saturated heterocycles. The molecule has 1 aromatic rings. The number of methoxy groups -OCH3 is 1. The van der Waals surface area contributed by atoms with Crippen LogP contribution in [0.2, 0.25) is 10.0 Å². The molecule has 0 saturated carbocycles. The van der Waals surface area contributed by atoms with Crippen LogP contribution in [0, 0.1) is 0 Å². The van der Waals surface area contributed by atoms with Gasteiger partial charge in [-0.05, 0) is 12.1 Å². The summed E-state index contributed by atoms with van der Waals surface area (Å²) in [5.74, 6) is 0.165. The number of halogens is 3. The lowest BCUT2D eigenvalue weighted by molar-refractivity contribution is 0.102. The maximum Gasteiger partial charge on any atom is 0.178 e. The van der Waals surface area contributed by atoms with Crippen LogP contribution in [0.25, 0.3) is 0 Å². The van der Waals surface area contributed by atoms with Gasteiger partial charge in [-0.15, -0.1) is 0 Å². The summed E-state index contributed by atoms with van der Waals surface area (Å²) in [4.78, 5) is 11.5. The first-order valence-corrected chi connectivity index (χ1v) is 5.60. The summed E-state index contributed by atoms with van der Waals surface area (Å²) in [5.41, 5.74) is 0.318. The first-order chi connectivity index (χ1) is 6.61. The Morgan fingerprint density at radius 3 is 2.50 bits per heavy atom. The zero-order valence-corrected chi connectivity index (χ0v) is 10.4. The van der Waals surface area contributed by atoms with E-state index in [1.165, 1.54) is 7.11 Å². The fourth-order valence-electron chi connectivity index (χ4n) is 1.06. The zero-order valence-electron chi connectivity index (χ0n) is 7.31. The molecule has 0 N–H and O–H groups in total. The van der Waals surface area contributed by atoms with Gasteiger partial charge < -0.3 is 4.74 Å². The molecular weight excluding hydrogens is 291 g/mol. The highest BCUT2D eigenvalue weighted by Crippen LogP contribution is 2.34. The van der Waals surface area contributed by atoms with E-state index in [4.69, 9.17) is 27.9 Å². The van der Waals surface area contributed by atoms with Crippen LogP contribution in [0.3, 0.4) is 0 Å². The lowest BCUT2D eigenvalue weighted by Gasteiger charge is -2.09. The standard InChI is InChI=1S/C9H7BrCl2O2/c1-14-9-6(12)3-2-5(11)8(9)7(13)4-10/h2-3H,4H2,1H3. The lowest BCUT2D eigenvalue weighted by atomic mass is 10.1.